The third-order valence-electron chi connectivity index (χ3n) is 1.99. The van der Waals surface area contributed by atoms with Gasteiger partial charge in [0.2, 0.25) is 0 Å². The molecule has 0 unspecified atom stereocenters. The van der Waals surface area contributed by atoms with Crippen molar-refractivity contribution in [1.82, 2.24) is 9.97 Å². The van der Waals surface area contributed by atoms with E-state index < -0.39 is 23.8 Å². The molecule has 0 amide bonds. The van der Waals surface area contributed by atoms with Crippen LogP contribution in [0, 0.1) is 11.6 Å². The molecule has 2 aromatic rings. The van der Waals surface area contributed by atoms with Gasteiger partial charge in [-0.05, 0) is 44.0 Å². The zero-order chi connectivity index (χ0) is 16.0. The molecular formula is C12H6Br2F4N2O. The highest BCUT2D eigenvalue weighted by Gasteiger charge is 2.14. The highest BCUT2D eigenvalue weighted by atomic mass is 79.9. The van der Waals surface area contributed by atoms with Gasteiger partial charge in [0.1, 0.15) is 11.4 Å². The zero-order valence-electron chi connectivity index (χ0n) is 10.0. The number of aromatic nitrogens is 2. The number of nitrogens with zero attached hydrogens (tertiary/aromatic N) is 2. The molecule has 0 atom stereocenters. The monoisotopic (exact) mass is 428 g/mol. The second-order valence-corrected chi connectivity index (χ2v) is 5.29. The van der Waals surface area contributed by atoms with Crippen LogP contribution in [0.25, 0.3) is 0 Å². The predicted octanol–water partition coefficient (Wildman–Crippen LogP) is 4.72. The number of aldehydes is 1. The number of rotatable bonds is 2. The second kappa shape index (κ2) is 8.18. The molecule has 112 valence electrons. The van der Waals surface area contributed by atoms with Crippen LogP contribution >= 0.6 is 31.9 Å². The third kappa shape index (κ3) is 5.50. The van der Waals surface area contributed by atoms with E-state index >= 15 is 0 Å². The molecule has 0 spiro atoms. The van der Waals surface area contributed by atoms with Crippen LogP contribution in [0.4, 0.5) is 17.6 Å². The van der Waals surface area contributed by atoms with Gasteiger partial charge in [0.25, 0.3) is 6.43 Å². The number of alkyl halides is 2. The minimum atomic E-state index is -2.86. The van der Waals surface area contributed by atoms with Crippen molar-refractivity contribution in [3.8, 4) is 0 Å². The lowest BCUT2D eigenvalue weighted by Gasteiger charge is -1.99. The molecule has 0 N–H and O–H groups in total. The lowest BCUT2D eigenvalue weighted by molar-refractivity contribution is 0.111. The van der Waals surface area contributed by atoms with Crippen molar-refractivity contribution in [3.63, 3.8) is 0 Å². The van der Waals surface area contributed by atoms with Gasteiger partial charge in [0.05, 0.1) is 0 Å². The first-order valence-corrected chi connectivity index (χ1v) is 6.79. The van der Waals surface area contributed by atoms with E-state index in [0.717, 1.165) is 12.3 Å². The lowest BCUT2D eigenvalue weighted by Crippen LogP contribution is -1.94. The number of hydrogen-bond donors (Lipinski definition) is 0. The summed E-state index contributed by atoms with van der Waals surface area (Å²) < 4.78 is 49.6. The quantitative estimate of drug-likeness (QED) is 0.512. The van der Waals surface area contributed by atoms with Gasteiger partial charge in [-0.15, -0.1) is 0 Å². The maximum atomic E-state index is 12.5. The smallest absolute Gasteiger partial charge is 0.283 e. The number of halogens is 6. The van der Waals surface area contributed by atoms with Gasteiger partial charge in [-0.25, -0.2) is 22.5 Å². The largest absolute Gasteiger partial charge is 0.296 e. The molecule has 9 heteroatoms. The van der Waals surface area contributed by atoms with E-state index in [4.69, 9.17) is 0 Å². The fraction of sp³-hybridized carbons (Fsp3) is 0.0833. The standard InChI is InChI=1S/C6H3BrF3N.C6H3BrFNO/c7-3-1-4(8)5(6(9)10)11-2-3;7-4-1-5(8)6(3-10)9-2-4/h1-2,6H;1-3H. The van der Waals surface area contributed by atoms with E-state index in [1.165, 1.54) is 12.3 Å². The molecule has 0 bridgehead atoms. The molecule has 0 aliphatic rings. The Hall–Kier alpha value is -1.35. The molecular weight excluding hydrogens is 424 g/mol. The molecule has 0 fully saturated rings. The van der Waals surface area contributed by atoms with Gasteiger partial charge in [-0.2, -0.15) is 0 Å². The van der Waals surface area contributed by atoms with Gasteiger partial charge in [-0.1, -0.05) is 0 Å². The van der Waals surface area contributed by atoms with Crippen LogP contribution < -0.4 is 0 Å². The van der Waals surface area contributed by atoms with Crippen molar-refractivity contribution < 1.29 is 22.4 Å². The number of carbonyl (C=O) groups excluding carboxylic acids is 1. The maximum Gasteiger partial charge on any atom is 0.283 e. The predicted molar refractivity (Wildman–Crippen MR) is 74.1 cm³/mol. The first kappa shape index (κ1) is 17.7. The molecule has 2 heterocycles. The summed E-state index contributed by atoms with van der Waals surface area (Å²) in [5.41, 5.74) is -0.976. The molecule has 2 aromatic heterocycles. The second-order valence-electron chi connectivity index (χ2n) is 3.46. The highest BCUT2D eigenvalue weighted by molar-refractivity contribution is 9.10. The molecule has 0 aromatic carbocycles. The van der Waals surface area contributed by atoms with Crippen LogP contribution in [0.5, 0.6) is 0 Å². The van der Waals surface area contributed by atoms with E-state index in [1.54, 1.807) is 0 Å². The normalized spacial score (nSPS) is 10.0. The molecule has 3 nitrogen and oxygen atoms in total. The van der Waals surface area contributed by atoms with E-state index in [1.807, 2.05) is 0 Å². The van der Waals surface area contributed by atoms with E-state index in [-0.39, 0.29) is 5.69 Å². The van der Waals surface area contributed by atoms with E-state index in [9.17, 15) is 22.4 Å². The Morgan fingerprint density at radius 2 is 1.52 bits per heavy atom. The molecule has 0 aliphatic heterocycles. The van der Waals surface area contributed by atoms with Crippen LogP contribution in [0.3, 0.4) is 0 Å². The maximum absolute atomic E-state index is 12.5. The van der Waals surface area contributed by atoms with Crippen molar-refractivity contribution in [1.29, 1.82) is 0 Å². The Morgan fingerprint density at radius 3 is 1.95 bits per heavy atom. The summed E-state index contributed by atoms with van der Waals surface area (Å²) in [4.78, 5) is 16.7. The summed E-state index contributed by atoms with van der Waals surface area (Å²) in [6, 6.07) is 2.14. The zero-order valence-corrected chi connectivity index (χ0v) is 13.2. The first-order chi connectivity index (χ1) is 9.85. The summed E-state index contributed by atoms with van der Waals surface area (Å²) in [6.45, 7) is 0. The van der Waals surface area contributed by atoms with E-state index in [0.29, 0.717) is 15.2 Å². The summed E-state index contributed by atoms with van der Waals surface area (Å²) >= 11 is 5.90. The Bertz CT molecular complexity index is 641. The van der Waals surface area contributed by atoms with Crippen molar-refractivity contribution in [2.24, 2.45) is 0 Å². The Labute approximate surface area is 133 Å². The highest BCUT2D eigenvalue weighted by Crippen LogP contribution is 2.21. The van der Waals surface area contributed by atoms with Crippen molar-refractivity contribution in [3.05, 3.63) is 56.5 Å². The molecule has 21 heavy (non-hydrogen) atoms. The molecule has 0 aliphatic carbocycles. The number of hydrogen-bond acceptors (Lipinski definition) is 3. The summed E-state index contributed by atoms with van der Waals surface area (Å²) in [6.07, 6.45) is 0.0159. The SMILES string of the molecule is Fc1cc(Br)cnc1C(F)F.O=Cc1ncc(Br)cc1F. The summed E-state index contributed by atoms with van der Waals surface area (Å²) in [7, 11) is 0. The topological polar surface area (TPSA) is 42.9 Å². The van der Waals surface area contributed by atoms with Gasteiger partial charge in [0, 0.05) is 21.3 Å². The van der Waals surface area contributed by atoms with Gasteiger partial charge < -0.3 is 0 Å². The van der Waals surface area contributed by atoms with Crippen LogP contribution in [0.1, 0.15) is 22.6 Å². The Morgan fingerprint density at radius 1 is 1.00 bits per heavy atom. The van der Waals surface area contributed by atoms with Gasteiger partial charge >= 0.3 is 0 Å². The van der Waals surface area contributed by atoms with Crippen molar-refractivity contribution >= 4 is 38.1 Å². The first-order valence-electron chi connectivity index (χ1n) is 5.20. The fourth-order valence-corrected chi connectivity index (χ4v) is 1.70. The summed E-state index contributed by atoms with van der Waals surface area (Å²) in [5, 5.41) is 0. The average molecular weight is 430 g/mol. The van der Waals surface area contributed by atoms with Crippen molar-refractivity contribution in [2.75, 3.05) is 0 Å². The van der Waals surface area contributed by atoms with E-state index in [2.05, 4.69) is 41.8 Å². The van der Waals surface area contributed by atoms with Crippen LogP contribution in [0.15, 0.2) is 33.5 Å². The molecule has 0 radical (unpaired) electrons. The van der Waals surface area contributed by atoms with Crippen LogP contribution in [-0.4, -0.2) is 16.3 Å². The van der Waals surface area contributed by atoms with Crippen LogP contribution in [0.2, 0.25) is 0 Å². The molecule has 0 saturated carbocycles. The van der Waals surface area contributed by atoms with Gasteiger partial charge in [-0.3, -0.25) is 9.78 Å². The van der Waals surface area contributed by atoms with Crippen molar-refractivity contribution in [2.45, 2.75) is 6.43 Å². The third-order valence-corrected chi connectivity index (χ3v) is 2.86. The average Bonchev–Trinajstić information content (AvgIpc) is 2.39. The molecule has 2 rings (SSSR count). The Balaban J connectivity index is 0.000000211. The lowest BCUT2D eigenvalue weighted by atomic mass is 10.3. The molecule has 0 saturated heterocycles. The Kier molecular flexibility index (Phi) is 6.90. The number of carbonyl (C=O) groups is 1. The number of pyridine rings is 2. The minimum Gasteiger partial charge on any atom is -0.296 e. The fourth-order valence-electron chi connectivity index (χ4n) is 1.10. The van der Waals surface area contributed by atoms with Gasteiger partial charge in [0.15, 0.2) is 17.9 Å². The minimum absolute atomic E-state index is 0.164. The summed E-state index contributed by atoms with van der Waals surface area (Å²) in [5.74, 6) is -1.60. The van der Waals surface area contributed by atoms with Crippen LogP contribution in [-0.2, 0) is 0 Å².